The molecule has 0 aliphatic carbocycles. The molecule has 2 aliphatic rings. The van der Waals surface area contributed by atoms with Crippen LogP contribution in [0.3, 0.4) is 0 Å². The molecule has 2 aromatic carbocycles. The summed E-state index contributed by atoms with van der Waals surface area (Å²) in [5, 5.41) is 5.75. The van der Waals surface area contributed by atoms with E-state index in [1.807, 2.05) is 82.3 Å². The van der Waals surface area contributed by atoms with Crippen LogP contribution >= 0.6 is 11.8 Å². The number of amides is 3. The summed E-state index contributed by atoms with van der Waals surface area (Å²) in [4.78, 5) is 41.5. The van der Waals surface area contributed by atoms with Gasteiger partial charge in [-0.2, -0.15) is 0 Å². The first-order chi connectivity index (χ1) is 15.7. The molecular weight excluding hydrogens is 434 g/mol. The van der Waals surface area contributed by atoms with Crippen LogP contribution in [0.25, 0.3) is 0 Å². The second kappa shape index (κ2) is 9.21. The molecule has 2 N–H and O–H groups in total. The predicted octanol–water partition coefficient (Wildman–Crippen LogP) is 3.88. The molecule has 1 saturated heterocycles. The molecule has 6 nitrogen and oxygen atoms in total. The number of benzene rings is 2. The lowest BCUT2D eigenvalue weighted by atomic mass is 9.98. The van der Waals surface area contributed by atoms with E-state index in [0.29, 0.717) is 18.5 Å². The Hall–Kier alpha value is -2.80. The van der Waals surface area contributed by atoms with E-state index in [1.165, 1.54) is 0 Å². The van der Waals surface area contributed by atoms with Gasteiger partial charge in [0, 0.05) is 16.9 Å². The fourth-order valence-corrected chi connectivity index (χ4v) is 6.25. The molecule has 0 saturated carbocycles. The second-order valence-electron chi connectivity index (χ2n) is 9.67. The zero-order valence-corrected chi connectivity index (χ0v) is 20.3. The number of hydrogen-bond acceptors (Lipinski definition) is 4. The molecule has 0 radical (unpaired) electrons. The first-order valence-corrected chi connectivity index (χ1v) is 12.3. The maximum Gasteiger partial charge on any atom is 0.256 e. The molecule has 174 valence electrons. The van der Waals surface area contributed by atoms with E-state index >= 15 is 0 Å². The fourth-order valence-electron chi connectivity index (χ4n) is 4.67. The van der Waals surface area contributed by atoms with Crippen LogP contribution in [0.15, 0.2) is 54.6 Å². The molecule has 0 bridgehead atoms. The highest BCUT2D eigenvalue weighted by atomic mass is 32.2. The third-order valence-electron chi connectivity index (χ3n) is 6.19. The number of hydrogen-bond donors (Lipinski definition) is 2. The molecule has 2 heterocycles. The number of nitrogens with one attached hydrogen (secondary N) is 2. The Balaban J connectivity index is 1.51. The van der Waals surface area contributed by atoms with E-state index in [4.69, 9.17) is 0 Å². The first-order valence-electron chi connectivity index (χ1n) is 11.4. The highest BCUT2D eigenvalue weighted by Crippen LogP contribution is 2.56. The Morgan fingerprint density at radius 2 is 1.73 bits per heavy atom. The monoisotopic (exact) mass is 465 g/mol. The Bertz CT molecular complexity index is 1050. The van der Waals surface area contributed by atoms with Crippen molar-refractivity contribution in [3.63, 3.8) is 0 Å². The Morgan fingerprint density at radius 3 is 2.42 bits per heavy atom. The quantitative estimate of drug-likeness (QED) is 0.651. The lowest BCUT2D eigenvalue weighted by Gasteiger charge is -2.31. The number of thioether (sulfide) groups is 1. The van der Waals surface area contributed by atoms with Crippen molar-refractivity contribution < 1.29 is 14.4 Å². The summed E-state index contributed by atoms with van der Waals surface area (Å²) in [6.45, 7) is 8.42. The number of carbonyl (C=O) groups excluding carboxylic acids is 3. The van der Waals surface area contributed by atoms with E-state index in [9.17, 15) is 14.4 Å². The van der Waals surface area contributed by atoms with Crippen LogP contribution in [0.4, 0.5) is 0 Å². The van der Waals surface area contributed by atoms with Crippen LogP contribution in [0.2, 0.25) is 0 Å². The maximum atomic E-state index is 13.6. The van der Waals surface area contributed by atoms with Crippen molar-refractivity contribution in [2.45, 2.75) is 62.9 Å². The summed E-state index contributed by atoms with van der Waals surface area (Å²) in [6.07, 6.45) is 0.518. The van der Waals surface area contributed by atoms with Crippen molar-refractivity contribution in [2.75, 3.05) is 0 Å². The molecule has 0 spiro atoms. The summed E-state index contributed by atoms with van der Waals surface area (Å²) in [6, 6.07) is 15.9. The summed E-state index contributed by atoms with van der Waals surface area (Å²) < 4.78 is -0.485. The number of nitrogens with zero attached hydrogens (tertiary/aromatic N) is 1. The third-order valence-corrected chi connectivity index (χ3v) is 7.73. The van der Waals surface area contributed by atoms with Crippen molar-refractivity contribution in [3.05, 3.63) is 71.3 Å². The van der Waals surface area contributed by atoms with E-state index < -0.39 is 16.8 Å². The molecule has 33 heavy (non-hydrogen) atoms. The zero-order chi connectivity index (χ0) is 23.8. The van der Waals surface area contributed by atoms with Gasteiger partial charge in [0.25, 0.3) is 5.91 Å². The van der Waals surface area contributed by atoms with Gasteiger partial charge < -0.3 is 15.5 Å². The lowest BCUT2D eigenvalue weighted by molar-refractivity contribution is -0.132. The molecule has 2 aromatic rings. The summed E-state index contributed by atoms with van der Waals surface area (Å²) in [5.74, 6) is -0.398. The van der Waals surface area contributed by atoms with Crippen LogP contribution in [-0.2, 0) is 16.1 Å². The Kier molecular flexibility index (Phi) is 6.52. The van der Waals surface area contributed by atoms with Crippen molar-refractivity contribution in [1.82, 2.24) is 15.5 Å². The average Bonchev–Trinajstić information content (AvgIpc) is 3.21. The number of rotatable bonds is 7. The van der Waals surface area contributed by atoms with Gasteiger partial charge >= 0.3 is 0 Å². The molecular formula is C26H31N3O3S. The molecule has 2 aliphatic heterocycles. The van der Waals surface area contributed by atoms with Gasteiger partial charge in [-0.05, 0) is 43.4 Å². The highest BCUT2D eigenvalue weighted by Gasteiger charge is 2.57. The van der Waals surface area contributed by atoms with Gasteiger partial charge in [-0.1, -0.05) is 62.4 Å². The normalized spacial score (nSPS) is 21.5. The summed E-state index contributed by atoms with van der Waals surface area (Å²) in [5.41, 5.74) is 2.61. The number of fused-ring (bicyclic) bond motifs is 3. The largest absolute Gasteiger partial charge is 0.350 e. The average molecular weight is 466 g/mol. The third kappa shape index (κ3) is 4.64. The zero-order valence-electron chi connectivity index (χ0n) is 19.5. The van der Waals surface area contributed by atoms with Gasteiger partial charge in [-0.25, -0.2) is 0 Å². The van der Waals surface area contributed by atoms with Gasteiger partial charge in [0.1, 0.15) is 17.5 Å². The van der Waals surface area contributed by atoms with Gasteiger partial charge in [0.15, 0.2) is 0 Å². The van der Waals surface area contributed by atoms with Crippen molar-refractivity contribution in [1.29, 1.82) is 0 Å². The Labute approximate surface area is 199 Å². The van der Waals surface area contributed by atoms with Crippen LogP contribution in [-0.4, -0.2) is 39.5 Å². The van der Waals surface area contributed by atoms with Gasteiger partial charge in [0.2, 0.25) is 11.8 Å². The molecule has 1 unspecified atom stereocenters. The van der Waals surface area contributed by atoms with Gasteiger partial charge in [0.05, 0.1) is 0 Å². The first kappa shape index (κ1) is 23.4. The van der Waals surface area contributed by atoms with Crippen LogP contribution in [0.5, 0.6) is 0 Å². The second-order valence-corrected chi connectivity index (χ2v) is 11.4. The summed E-state index contributed by atoms with van der Waals surface area (Å²) >= 11 is 1.62. The molecule has 3 atom stereocenters. The lowest BCUT2D eigenvalue weighted by Crippen LogP contribution is -2.57. The van der Waals surface area contributed by atoms with E-state index in [1.54, 1.807) is 16.7 Å². The predicted molar refractivity (Wildman–Crippen MR) is 130 cm³/mol. The number of carbonyl (C=O) groups is 3. The van der Waals surface area contributed by atoms with E-state index in [0.717, 1.165) is 11.1 Å². The topological polar surface area (TPSA) is 78.5 Å². The summed E-state index contributed by atoms with van der Waals surface area (Å²) in [7, 11) is 0. The molecule has 3 amide bonds. The molecule has 7 heteroatoms. The molecule has 4 rings (SSSR count). The maximum absolute atomic E-state index is 13.6. The van der Waals surface area contributed by atoms with Gasteiger partial charge in [-0.15, -0.1) is 11.8 Å². The van der Waals surface area contributed by atoms with Gasteiger partial charge in [-0.3, -0.25) is 14.4 Å². The van der Waals surface area contributed by atoms with Crippen LogP contribution in [0.1, 0.15) is 61.0 Å². The smallest absolute Gasteiger partial charge is 0.256 e. The fraction of sp³-hybridized carbons (Fsp3) is 0.423. The van der Waals surface area contributed by atoms with Crippen molar-refractivity contribution in [2.24, 2.45) is 5.92 Å². The van der Waals surface area contributed by atoms with Crippen LogP contribution < -0.4 is 10.6 Å². The SMILES string of the molecule is CC(C)C[C@H](NC(=O)[C@H]1N2C(=O)c3ccccc3C2SC1(C)C)C(=O)NCc1ccccc1. The minimum atomic E-state index is -0.666. The minimum absolute atomic E-state index is 0.122. The van der Waals surface area contributed by atoms with Crippen molar-refractivity contribution >= 4 is 29.5 Å². The Morgan fingerprint density at radius 1 is 1.06 bits per heavy atom. The van der Waals surface area contributed by atoms with Crippen molar-refractivity contribution in [3.8, 4) is 0 Å². The highest BCUT2D eigenvalue weighted by molar-refractivity contribution is 8.01. The van der Waals surface area contributed by atoms with E-state index in [2.05, 4.69) is 10.6 Å². The molecule has 0 aromatic heterocycles. The molecule has 1 fully saturated rings. The van der Waals surface area contributed by atoms with E-state index in [-0.39, 0.29) is 29.0 Å². The minimum Gasteiger partial charge on any atom is -0.350 e. The standard InChI is InChI=1S/C26H31N3O3S/c1-16(2)14-20(22(30)27-15-17-10-6-5-7-11-17)28-23(31)21-26(3,4)33-25-19-13-9-8-12-18(19)24(32)29(21)25/h5-13,16,20-21,25H,14-15H2,1-4H3,(H,27,30)(H,28,31)/t20-,21+,25?/m0/s1. The van der Waals surface area contributed by atoms with Crippen LogP contribution in [0, 0.1) is 5.92 Å².